The summed E-state index contributed by atoms with van der Waals surface area (Å²) in [6.45, 7) is 3.45. The average molecular weight is 349 g/mol. The summed E-state index contributed by atoms with van der Waals surface area (Å²) in [5.74, 6) is -0.530. The van der Waals surface area contributed by atoms with Crippen molar-refractivity contribution in [2.24, 2.45) is 0 Å². The van der Waals surface area contributed by atoms with E-state index in [1.165, 1.54) is 11.3 Å². The Morgan fingerprint density at radius 3 is 2.58 bits per heavy atom. The second-order valence-corrected chi connectivity index (χ2v) is 6.68. The Morgan fingerprint density at radius 2 is 2.05 bits per heavy atom. The van der Waals surface area contributed by atoms with E-state index in [0.29, 0.717) is 11.3 Å². The second-order valence-electron chi connectivity index (χ2n) is 4.22. The van der Waals surface area contributed by atoms with Gasteiger partial charge in [0.1, 0.15) is 6.04 Å². The van der Waals surface area contributed by atoms with Crippen molar-refractivity contribution in [1.82, 2.24) is 10.6 Å². The molecular formula is C12H17BrN2O3S. The first-order valence-electron chi connectivity index (χ1n) is 5.91. The van der Waals surface area contributed by atoms with Gasteiger partial charge in [-0.3, -0.25) is 9.59 Å². The van der Waals surface area contributed by atoms with Crippen LogP contribution in [0.25, 0.3) is 0 Å². The van der Waals surface area contributed by atoms with Crippen LogP contribution in [0.4, 0.5) is 0 Å². The minimum Gasteiger partial charge on any atom is -0.396 e. The standard InChI is InChI=1S/C12H17BrN2O3S/c1-7(5-6-16)14-11(17)8(2)15-12(18)9-3-4-10(13)19-9/h3-4,7-8,16H,5-6H2,1-2H3,(H,14,17)(H,15,18)/t7-,8-/m1/s1. The maximum atomic E-state index is 11.8. The molecule has 0 aliphatic carbocycles. The number of carbonyl (C=O) groups is 2. The van der Waals surface area contributed by atoms with Gasteiger partial charge in [-0.25, -0.2) is 0 Å². The van der Waals surface area contributed by atoms with Gasteiger partial charge in [0.25, 0.3) is 5.91 Å². The SMILES string of the molecule is C[C@H](CCO)NC(=O)[C@@H](C)NC(=O)c1ccc(Br)s1. The molecule has 7 heteroatoms. The van der Waals surface area contributed by atoms with E-state index >= 15 is 0 Å². The molecule has 1 rings (SSSR count). The number of aliphatic hydroxyl groups is 1. The van der Waals surface area contributed by atoms with Crippen LogP contribution in [0.15, 0.2) is 15.9 Å². The Labute approximate surface area is 124 Å². The highest BCUT2D eigenvalue weighted by Crippen LogP contribution is 2.21. The summed E-state index contributed by atoms with van der Waals surface area (Å²) in [7, 11) is 0. The van der Waals surface area contributed by atoms with Crippen LogP contribution in [0.2, 0.25) is 0 Å². The maximum absolute atomic E-state index is 11.8. The molecule has 0 saturated carbocycles. The van der Waals surface area contributed by atoms with E-state index in [4.69, 9.17) is 5.11 Å². The van der Waals surface area contributed by atoms with Crippen LogP contribution in [-0.2, 0) is 4.79 Å². The van der Waals surface area contributed by atoms with Gasteiger partial charge in [0, 0.05) is 12.6 Å². The van der Waals surface area contributed by atoms with Crippen LogP contribution < -0.4 is 10.6 Å². The number of thiophene rings is 1. The summed E-state index contributed by atoms with van der Waals surface area (Å²) in [5, 5.41) is 14.1. The minimum atomic E-state index is -0.616. The average Bonchev–Trinajstić information content (AvgIpc) is 2.76. The van der Waals surface area contributed by atoms with Gasteiger partial charge in [0.2, 0.25) is 5.91 Å². The Morgan fingerprint density at radius 1 is 1.37 bits per heavy atom. The Bertz CT molecular complexity index is 450. The molecule has 0 radical (unpaired) electrons. The highest BCUT2D eigenvalue weighted by molar-refractivity contribution is 9.11. The van der Waals surface area contributed by atoms with Gasteiger partial charge >= 0.3 is 0 Å². The number of nitrogens with one attached hydrogen (secondary N) is 2. The largest absolute Gasteiger partial charge is 0.396 e. The van der Waals surface area contributed by atoms with E-state index in [-0.39, 0.29) is 24.5 Å². The molecule has 0 fully saturated rings. The zero-order valence-electron chi connectivity index (χ0n) is 10.8. The fourth-order valence-corrected chi connectivity index (χ4v) is 2.69. The molecule has 3 N–H and O–H groups in total. The van der Waals surface area contributed by atoms with Gasteiger partial charge in [-0.2, -0.15) is 0 Å². The summed E-state index contributed by atoms with van der Waals surface area (Å²) in [5.41, 5.74) is 0. The van der Waals surface area contributed by atoms with Gasteiger partial charge in [-0.05, 0) is 48.3 Å². The maximum Gasteiger partial charge on any atom is 0.262 e. The lowest BCUT2D eigenvalue weighted by atomic mass is 10.2. The number of rotatable bonds is 6. The molecule has 1 heterocycles. The fraction of sp³-hybridized carbons (Fsp3) is 0.500. The van der Waals surface area contributed by atoms with Crippen LogP contribution in [0.3, 0.4) is 0 Å². The summed E-state index contributed by atoms with van der Waals surface area (Å²) in [6.07, 6.45) is 0.490. The third-order valence-electron chi connectivity index (χ3n) is 2.49. The summed E-state index contributed by atoms with van der Waals surface area (Å²) >= 11 is 4.59. The van der Waals surface area contributed by atoms with Crippen LogP contribution in [0, 0.1) is 0 Å². The van der Waals surface area contributed by atoms with E-state index in [1.807, 2.05) is 0 Å². The third-order valence-corrected chi connectivity index (χ3v) is 4.11. The first-order chi connectivity index (χ1) is 8.93. The molecule has 0 aliphatic heterocycles. The highest BCUT2D eigenvalue weighted by atomic mass is 79.9. The van der Waals surface area contributed by atoms with Crippen molar-refractivity contribution >= 4 is 39.1 Å². The summed E-state index contributed by atoms with van der Waals surface area (Å²) in [6, 6.07) is 2.75. The van der Waals surface area contributed by atoms with Crippen molar-refractivity contribution in [3.63, 3.8) is 0 Å². The number of hydrogen-bond donors (Lipinski definition) is 3. The van der Waals surface area contributed by atoms with Crippen molar-refractivity contribution in [3.8, 4) is 0 Å². The predicted octanol–water partition coefficient (Wildman–Crippen LogP) is 1.52. The lowest BCUT2D eigenvalue weighted by Crippen LogP contribution is -2.47. The number of amides is 2. The van der Waals surface area contributed by atoms with Gasteiger partial charge in [0.15, 0.2) is 0 Å². The molecule has 1 aromatic heterocycles. The third kappa shape index (κ3) is 5.30. The topological polar surface area (TPSA) is 78.4 Å². The van der Waals surface area contributed by atoms with E-state index < -0.39 is 6.04 Å². The van der Waals surface area contributed by atoms with Gasteiger partial charge in [-0.15, -0.1) is 11.3 Å². The molecular weight excluding hydrogens is 332 g/mol. The molecule has 0 spiro atoms. The highest BCUT2D eigenvalue weighted by Gasteiger charge is 2.18. The molecule has 0 aromatic carbocycles. The lowest BCUT2D eigenvalue weighted by molar-refractivity contribution is -0.123. The zero-order chi connectivity index (χ0) is 14.4. The van der Waals surface area contributed by atoms with E-state index in [1.54, 1.807) is 26.0 Å². The van der Waals surface area contributed by atoms with E-state index in [9.17, 15) is 9.59 Å². The predicted molar refractivity (Wildman–Crippen MR) is 78.3 cm³/mol. The molecule has 5 nitrogen and oxygen atoms in total. The van der Waals surface area contributed by atoms with Crippen LogP contribution in [0.5, 0.6) is 0 Å². The minimum absolute atomic E-state index is 0.0193. The summed E-state index contributed by atoms with van der Waals surface area (Å²) < 4.78 is 0.867. The van der Waals surface area contributed by atoms with E-state index in [2.05, 4.69) is 26.6 Å². The van der Waals surface area contributed by atoms with Crippen LogP contribution in [0.1, 0.15) is 29.9 Å². The summed E-state index contributed by atoms with van der Waals surface area (Å²) in [4.78, 5) is 24.2. The smallest absolute Gasteiger partial charge is 0.262 e. The fourth-order valence-electron chi connectivity index (χ4n) is 1.40. The first kappa shape index (κ1) is 16.1. The van der Waals surface area contributed by atoms with Crippen molar-refractivity contribution in [1.29, 1.82) is 0 Å². The molecule has 0 saturated heterocycles. The monoisotopic (exact) mass is 348 g/mol. The Hall–Kier alpha value is -0.920. The van der Waals surface area contributed by atoms with Crippen LogP contribution in [-0.4, -0.2) is 35.6 Å². The first-order valence-corrected chi connectivity index (χ1v) is 7.52. The Kier molecular flexibility index (Phi) is 6.47. The zero-order valence-corrected chi connectivity index (χ0v) is 13.2. The number of hydrogen-bond acceptors (Lipinski definition) is 4. The molecule has 19 heavy (non-hydrogen) atoms. The molecule has 0 bridgehead atoms. The molecule has 106 valence electrons. The number of halogens is 1. The Balaban J connectivity index is 2.47. The van der Waals surface area contributed by atoms with Crippen molar-refractivity contribution in [2.45, 2.75) is 32.4 Å². The molecule has 0 aliphatic rings. The van der Waals surface area contributed by atoms with Crippen molar-refractivity contribution in [2.75, 3.05) is 6.61 Å². The second kappa shape index (κ2) is 7.62. The van der Waals surface area contributed by atoms with Gasteiger partial charge in [0.05, 0.1) is 8.66 Å². The molecule has 2 amide bonds. The van der Waals surface area contributed by atoms with E-state index in [0.717, 1.165) is 3.79 Å². The van der Waals surface area contributed by atoms with Crippen molar-refractivity contribution < 1.29 is 14.7 Å². The van der Waals surface area contributed by atoms with Crippen LogP contribution >= 0.6 is 27.3 Å². The molecule has 2 atom stereocenters. The quantitative estimate of drug-likeness (QED) is 0.729. The van der Waals surface area contributed by atoms with Gasteiger partial charge in [-0.1, -0.05) is 0 Å². The molecule has 0 unspecified atom stereocenters. The lowest BCUT2D eigenvalue weighted by Gasteiger charge is -2.17. The number of aliphatic hydroxyl groups excluding tert-OH is 1. The normalized spacial score (nSPS) is 13.7. The van der Waals surface area contributed by atoms with Gasteiger partial charge < -0.3 is 15.7 Å². The molecule has 1 aromatic rings. The number of carbonyl (C=O) groups excluding carboxylic acids is 2. The van der Waals surface area contributed by atoms with Crippen molar-refractivity contribution in [3.05, 3.63) is 20.8 Å².